The molecule has 0 saturated carbocycles. The van der Waals surface area contributed by atoms with Crippen molar-refractivity contribution in [3.8, 4) is 16.9 Å². The highest BCUT2D eigenvalue weighted by Crippen LogP contribution is 2.26. The highest BCUT2D eigenvalue weighted by atomic mass is 16.6. The molecule has 1 amide bonds. The fourth-order valence-electron chi connectivity index (χ4n) is 3.32. The zero-order valence-electron chi connectivity index (χ0n) is 15.7. The predicted molar refractivity (Wildman–Crippen MR) is 107 cm³/mol. The Hall–Kier alpha value is -3.52. The van der Waals surface area contributed by atoms with E-state index in [9.17, 15) is 14.9 Å². The molecule has 0 aliphatic carbocycles. The molecule has 0 bridgehead atoms. The van der Waals surface area contributed by atoms with Crippen LogP contribution in [0.15, 0.2) is 60.8 Å². The van der Waals surface area contributed by atoms with Gasteiger partial charge in [-0.25, -0.2) is 4.68 Å². The number of carbonyl (C=O) groups is 1. The molecule has 8 heteroatoms. The van der Waals surface area contributed by atoms with Crippen LogP contribution in [0.1, 0.15) is 5.56 Å². The van der Waals surface area contributed by atoms with E-state index in [1.54, 1.807) is 21.7 Å². The van der Waals surface area contributed by atoms with Crippen LogP contribution in [0.25, 0.3) is 16.9 Å². The van der Waals surface area contributed by atoms with E-state index in [1.807, 2.05) is 36.5 Å². The van der Waals surface area contributed by atoms with Gasteiger partial charge in [0.1, 0.15) is 0 Å². The Balaban J connectivity index is 1.68. The normalized spacial score (nSPS) is 14.0. The first-order valence-electron chi connectivity index (χ1n) is 9.36. The van der Waals surface area contributed by atoms with Gasteiger partial charge in [-0.15, -0.1) is 0 Å². The van der Waals surface area contributed by atoms with Crippen molar-refractivity contribution in [3.63, 3.8) is 0 Å². The van der Waals surface area contributed by atoms with Crippen molar-refractivity contribution in [3.05, 3.63) is 76.5 Å². The third-order valence-electron chi connectivity index (χ3n) is 4.87. The molecule has 4 rings (SSSR count). The van der Waals surface area contributed by atoms with E-state index in [2.05, 4.69) is 5.10 Å². The number of amides is 1. The van der Waals surface area contributed by atoms with Gasteiger partial charge >= 0.3 is 0 Å². The van der Waals surface area contributed by atoms with Crippen LogP contribution in [0.4, 0.5) is 5.69 Å². The lowest BCUT2D eigenvalue weighted by atomic mass is 10.0. The number of aromatic nitrogens is 2. The van der Waals surface area contributed by atoms with Gasteiger partial charge in [0.15, 0.2) is 0 Å². The number of ether oxygens (including phenoxy) is 1. The fourth-order valence-corrected chi connectivity index (χ4v) is 3.32. The molecule has 0 spiro atoms. The van der Waals surface area contributed by atoms with Crippen LogP contribution in [0.2, 0.25) is 0 Å². The van der Waals surface area contributed by atoms with Gasteiger partial charge in [-0.1, -0.05) is 18.2 Å². The summed E-state index contributed by atoms with van der Waals surface area (Å²) in [7, 11) is 0. The second-order valence-electron chi connectivity index (χ2n) is 6.76. The maximum Gasteiger partial charge on any atom is 0.269 e. The summed E-state index contributed by atoms with van der Waals surface area (Å²) in [6.07, 6.45) is 2.06. The van der Waals surface area contributed by atoms with E-state index in [0.717, 1.165) is 16.8 Å². The average molecular weight is 392 g/mol. The third-order valence-corrected chi connectivity index (χ3v) is 4.87. The standard InChI is InChI=1S/C21H20N4O4/c26-20(23-10-12-29-13-11-23)14-17-15-24(18-4-2-1-3-5-18)22-21(17)16-6-8-19(9-7-16)25(27)28/h1-9,15H,10-14H2. The average Bonchev–Trinajstić information content (AvgIpc) is 3.19. The molecule has 1 aliphatic heterocycles. The molecule has 1 saturated heterocycles. The van der Waals surface area contributed by atoms with Crippen LogP contribution in [-0.4, -0.2) is 51.8 Å². The molecule has 1 fully saturated rings. The van der Waals surface area contributed by atoms with Crippen molar-refractivity contribution >= 4 is 11.6 Å². The summed E-state index contributed by atoms with van der Waals surface area (Å²) in [5, 5.41) is 15.6. The lowest BCUT2D eigenvalue weighted by Crippen LogP contribution is -2.41. The van der Waals surface area contributed by atoms with Crippen molar-refractivity contribution in [2.24, 2.45) is 0 Å². The minimum absolute atomic E-state index is 0.0159. The molecule has 0 N–H and O–H groups in total. The van der Waals surface area contributed by atoms with Crippen LogP contribution < -0.4 is 0 Å². The number of para-hydroxylation sites is 1. The van der Waals surface area contributed by atoms with E-state index in [1.165, 1.54) is 12.1 Å². The highest BCUT2D eigenvalue weighted by molar-refractivity contribution is 5.81. The summed E-state index contributed by atoms with van der Waals surface area (Å²) >= 11 is 0. The van der Waals surface area contributed by atoms with E-state index in [0.29, 0.717) is 32.0 Å². The molecule has 2 aromatic carbocycles. The number of carbonyl (C=O) groups excluding carboxylic acids is 1. The van der Waals surface area contributed by atoms with Gasteiger partial charge < -0.3 is 9.64 Å². The minimum atomic E-state index is -0.435. The predicted octanol–water partition coefficient (Wildman–Crippen LogP) is 2.85. The minimum Gasteiger partial charge on any atom is -0.378 e. The fraction of sp³-hybridized carbons (Fsp3) is 0.238. The Kier molecular flexibility index (Phi) is 5.35. The maximum atomic E-state index is 12.8. The number of nitro groups is 1. The number of non-ortho nitro benzene ring substituents is 1. The second-order valence-corrected chi connectivity index (χ2v) is 6.76. The molecule has 148 valence electrons. The number of hydrogen-bond acceptors (Lipinski definition) is 5. The number of nitrogens with zero attached hydrogens (tertiary/aromatic N) is 4. The molecule has 0 atom stereocenters. The molecule has 0 unspecified atom stereocenters. The molecule has 8 nitrogen and oxygen atoms in total. The SMILES string of the molecule is O=C(Cc1cn(-c2ccccc2)nc1-c1ccc([N+](=O)[O-])cc1)N1CCOCC1. The molecular weight excluding hydrogens is 372 g/mol. The van der Waals surface area contributed by atoms with Crippen LogP contribution >= 0.6 is 0 Å². The third kappa shape index (κ3) is 4.17. The molecular formula is C21H20N4O4. The Morgan fingerprint density at radius 3 is 2.41 bits per heavy atom. The first-order valence-corrected chi connectivity index (χ1v) is 9.36. The number of morpholine rings is 1. The lowest BCUT2D eigenvalue weighted by molar-refractivity contribution is -0.384. The molecule has 1 aliphatic rings. The first-order chi connectivity index (χ1) is 14.1. The summed E-state index contributed by atoms with van der Waals surface area (Å²) < 4.78 is 7.06. The molecule has 3 aromatic rings. The van der Waals surface area contributed by atoms with Crippen molar-refractivity contribution in [1.82, 2.24) is 14.7 Å². The van der Waals surface area contributed by atoms with Crippen molar-refractivity contribution in [1.29, 1.82) is 0 Å². The molecule has 29 heavy (non-hydrogen) atoms. The summed E-state index contributed by atoms with van der Waals surface area (Å²) in [5.41, 5.74) is 3.04. The largest absolute Gasteiger partial charge is 0.378 e. The van der Waals surface area contributed by atoms with Crippen LogP contribution in [0, 0.1) is 10.1 Å². The summed E-state index contributed by atoms with van der Waals surface area (Å²) in [6.45, 7) is 2.26. The molecule has 1 aromatic heterocycles. The van der Waals surface area contributed by atoms with Gasteiger partial charge in [0.2, 0.25) is 5.91 Å². The number of benzene rings is 2. The quantitative estimate of drug-likeness (QED) is 0.492. The summed E-state index contributed by atoms with van der Waals surface area (Å²) in [4.78, 5) is 25.1. The maximum absolute atomic E-state index is 12.8. The van der Waals surface area contributed by atoms with Crippen LogP contribution in [0.3, 0.4) is 0 Å². The Morgan fingerprint density at radius 2 is 1.76 bits per heavy atom. The number of hydrogen-bond donors (Lipinski definition) is 0. The zero-order valence-corrected chi connectivity index (χ0v) is 15.7. The highest BCUT2D eigenvalue weighted by Gasteiger charge is 2.21. The van der Waals surface area contributed by atoms with Crippen molar-refractivity contribution < 1.29 is 14.5 Å². The Labute approximate surface area is 167 Å². The van der Waals surface area contributed by atoms with Crippen molar-refractivity contribution in [2.45, 2.75) is 6.42 Å². The smallest absolute Gasteiger partial charge is 0.269 e. The van der Waals surface area contributed by atoms with Gasteiger partial charge in [-0.2, -0.15) is 5.10 Å². The lowest BCUT2D eigenvalue weighted by Gasteiger charge is -2.26. The molecule has 2 heterocycles. The summed E-state index contributed by atoms with van der Waals surface area (Å²) in [5.74, 6) is 0.0177. The topological polar surface area (TPSA) is 90.5 Å². The summed E-state index contributed by atoms with van der Waals surface area (Å²) in [6, 6.07) is 15.8. The van der Waals surface area contributed by atoms with Gasteiger partial charge in [-0.3, -0.25) is 14.9 Å². The van der Waals surface area contributed by atoms with E-state index < -0.39 is 4.92 Å². The van der Waals surface area contributed by atoms with Gasteiger partial charge in [0, 0.05) is 42.5 Å². The number of nitro benzene ring substituents is 1. The monoisotopic (exact) mass is 392 g/mol. The second kappa shape index (κ2) is 8.24. The van der Waals surface area contributed by atoms with Gasteiger partial charge in [0.25, 0.3) is 5.69 Å². The van der Waals surface area contributed by atoms with E-state index in [-0.39, 0.29) is 18.0 Å². The van der Waals surface area contributed by atoms with Crippen molar-refractivity contribution in [2.75, 3.05) is 26.3 Å². The van der Waals surface area contributed by atoms with E-state index in [4.69, 9.17) is 4.74 Å². The number of rotatable bonds is 5. The zero-order chi connectivity index (χ0) is 20.2. The van der Waals surface area contributed by atoms with Gasteiger partial charge in [-0.05, 0) is 24.3 Å². The Morgan fingerprint density at radius 1 is 1.07 bits per heavy atom. The van der Waals surface area contributed by atoms with E-state index >= 15 is 0 Å². The Bertz CT molecular complexity index is 1010. The van der Waals surface area contributed by atoms with Crippen LogP contribution in [0.5, 0.6) is 0 Å². The first kappa shape index (κ1) is 18.8. The van der Waals surface area contributed by atoms with Gasteiger partial charge in [0.05, 0.1) is 35.9 Å². The molecule has 0 radical (unpaired) electrons. The van der Waals surface area contributed by atoms with Crippen LogP contribution in [-0.2, 0) is 16.0 Å².